The third-order valence-corrected chi connectivity index (χ3v) is 10.2. The Kier molecular flexibility index (Phi) is 38.1. The van der Waals surface area contributed by atoms with Crippen LogP contribution in [-0.4, -0.2) is 70.0 Å². The van der Waals surface area contributed by atoms with Crippen LogP contribution in [0.5, 0.6) is 0 Å². The number of nitrogens with zero attached hydrogens (tertiary/aromatic N) is 1. The molecule has 0 spiro atoms. The highest BCUT2D eigenvalue weighted by molar-refractivity contribution is 7.45. The molecule has 0 saturated heterocycles. The van der Waals surface area contributed by atoms with Crippen molar-refractivity contribution in [2.45, 2.75) is 174 Å². The zero-order chi connectivity index (χ0) is 42.8. The Morgan fingerprint density at radius 2 is 0.966 bits per heavy atom. The third kappa shape index (κ3) is 43.0. The van der Waals surface area contributed by atoms with E-state index in [1.807, 2.05) is 33.3 Å². The molecule has 0 amide bonds. The van der Waals surface area contributed by atoms with Crippen molar-refractivity contribution in [3.8, 4) is 0 Å². The molecule has 0 heterocycles. The molecular formula is C48H84NO8P. The fraction of sp³-hybridized carbons (Fsp3) is 0.708. The van der Waals surface area contributed by atoms with E-state index in [9.17, 15) is 19.0 Å². The minimum atomic E-state index is -4.65. The summed E-state index contributed by atoms with van der Waals surface area (Å²) in [7, 11) is 1.11. The van der Waals surface area contributed by atoms with Gasteiger partial charge in [-0.2, -0.15) is 0 Å². The second-order valence-corrected chi connectivity index (χ2v) is 17.5. The average Bonchev–Trinajstić information content (AvgIpc) is 3.17. The van der Waals surface area contributed by atoms with Gasteiger partial charge in [0.25, 0.3) is 7.82 Å². The van der Waals surface area contributed by atoms with Gasteiger partial charge in [-0.1, -0.05) is 151 Å². The number of hydrogen-bond donors (Lipinski definition) is 0. The molecule has 1 unspecified atom stereocenters. The van der Waals surface area contributed by atoms with Crippen LogP contribution in [0.1, 0.15) is 168 Å². The summed E-state index contributed by atoms with van der Waals surface area (Å²) in [6, 6.07) is 0. The van der Waals surface area contributed by atoms with Gasteiger partial charge >= 0.3 is 11.9 Å². The number of rotatable bonds is 40. The molecule has 10 heteroatoms. The highest BCUT2D eigenvalue weighted by Crippen LogP contribution is 2.38. The second kappa shape index (κ2) is 39.9. The first kappa shape index (κ1) is 55.5. The summed E-state index contributed by atoms with van der Waals surface area (Å²) in [6.45, 7) is 4.08. The van der Waals surface area contributed by atoms with E-state index >= 15 is 0 Å². The van der Waals surface area contributed by atoms with Crippen molar-refractivity contribution in [2.24, 2.45) is 0 Å². The monoisotopic (exact) mass is 834 g/mol. The number of carbonyl (C=O) groups is 2. The van der Waals surface area contributed by atoms with Crippen molar-refractivity contribution in [3.05, 3.63) is 72.9 Å². The molecule has 58 heavy (non-hydrogen) atoms. The van der Waals surface area contributed by atoms with Gasteiger partial charge in [0, 0.05) is 12.8 Å². The van der Waals surface area contributed by atoms with Crippen molar-refractivity contribution in [1.29, 1.82) is 0 Å². The lowest BCUT2D eigenvalue weighted by Crippen LogP contribution is -2.37. The van der Waals surface area contributed by atoms with E-state index in [1.54, 1.807) is 0 Å². The van der Waals surface area contributed by atoms with E-state index in [0.717, 1.165) is 57.8 Å². The van der Waals surface area contributed by atoms with Gasteiger partial charge in [0.1, 0.15) is 19.8 Å². The number of likely N-dealkylation sites (N-methyl/N-ethyl adjacent to an activating group) is 1. The molecule has 0 aliphatic heterocycles. The zero-order valence-corrected chi connectivity index (χ0v) is 38.4. The minimum absolute atomic E-state index is 0.0465. The molecule has 0 aromatic carbocycles. The van der Waals surface area contributed by atoms with Crippen molar-refractivity contribution in [1.82, 2.24) is 0 Å². The Hall–Kier alpha value is -2.55. The molecule has 0 aromatic rings. The third-order valence-electron chi connectivity index (χ3n) is 9.21. The van der Waals surface area contributed by atoms with Gasteiger partial charge in [0.15, 0.2) is 6.10 Å². The molecule has 0 aliphatic carbocycles. The highest BCUT2D eigenvalue weighted by Gasteiger charge is 2.21. The van der Waals surface area contributed by atoms with Crippen LogP contribution in [0.15, 0.2) is 72.9 Å². The minimum Gasteiger partial charge on any atom is -0.756 e. The topological polar surface area (TPSA) is 111 Å². The first-order valence-corrected chi connectivity index (χ1v) is 24.1. The van der Waals surface area contributed by atoms with Crippen LogP contribution >= 0.6 is 7.82 Å². The molecule has 0 saturated carbocycles. The molecule has 334 valence electrons. The first-order valence-electron chi connectivity index (χ1n) is 22.6. The van der Waals surface area contributed by atoms with Crippen LogP contribution in [0.4, 0.5) is 0 Å². The number of hydrogen-bond acceptors (Lipinski definition) is 8. The second-order valence-electron chi connectivity index (χ2n) is 16.1. The Labute approximate surface area is 355 Å². The van der Waals surface area contributed by atoms with Crippen LogP contribution < -0.4 is 4.89 Å². The largest absolute Gasteiger partial charge is 0.756 e. The summed E-state index contributed by atoms with van der Waals surface area (Å²) >= 11 is 0. The van der Waals surface area contributed by atoms with E-state index in [-0.39, 0.29) is 26.1 Å². The van der Waals surface area contributed by atoms with E-state index < -0.39 is 32.5 Å². The van der Waals surface area contributed by atoms with Gasteiger partial charge < -0.3 is 27.9 Å². The summed E-state index contributed by atoms with van der Waals surface area (Å²) in [5, 5.41) is 0. The number of phosphoric ester groups is 1. The van der Waals surface area contributed by atoms with Gasteiger partial charge in [-0.25, -0.2) is 0 Å². The first-order chi connectivity index (χ1) is 28.0. The van der Waals surface area contributed by atoms with Crippen LogP contribution in [0.3, 0.4) is 0 Å². The van der Waals surface area contributed by atoms with Crippen molar-refractivity contribution >= 4 is 19.8 Å². The van der Waals surface area contributed by atoms with Crippen molar-refractivity contribution in [2.75, 3.05) is 47.5 Å². The Morgan fingerprint density at radius 3 is 1.50 bits per heavy atom. The van der Waals surface area contributed by atoms with Crippen molar-refractivity contribution < 1.29 is 42.1 Å². The molecule has 0 aromatic heterocycles. The van der Waals surface area contributed by atoms with E-state index in [2.05, 4.69) is 74.6 Å². The lowest BCUT2D eigenvalue weighted by Gasteiger charge is -2.28. The predicted molar refractivity (Wildman–Crippen MR) is 240 cm³/mol. The average molecular weight is 834 g/mol. The fourth-order valence-electron chi connectivity index (χ4n) is 5.63. The molecule has 0 N–H and O–H groups in total. The number of allylic oxidation sites excluding steroid dienone is 12. The van der Waals surface area contributed by atoms with Gasteiger partial charge in [-0.05, 0) is 77.0 Å². The number of ether oxygens (including phenoxy) is 2. The van der Waals surface area contributed by atoms with E-state index in [0.29, 0.717) is 23.9 Å². The molecule has 0 bridgehead atoms. The summed E-state index contributed by atoms with van der Waals surface area (Å²) in [5.74, 6) is -0.945. The SMILES string of the molecule is CCCCC/C=C/C/C=C/C/C=C/C/C=C/C/C=C/CCC(=O)OC[C@H](COP(=O)([O-])OCC[N+](C)(C)C)OC(=O)CCCCCCC/C=C/CCCCCCCC. The summed E-state index contributed by atoms with van der Waals surface area (Å²) in [5.41, 5.74) is 0. The summed E-state index contributed by atoms with van der Waals surface area (Å²) in [6.07, 6.45) is 49.4. The molecule has 0 rings (SSSR count). The van der Waals surface area contributed by atoms with Crippen LogP contribution in [0.2, 0.25) is 0 Å². The van der Waals surface area contributed by atoms with Gasteiger partial charge in [0.05, 0.1) is 27.7 Å². The van der Waals surface area contributed by atoms with E-state index in [1.165, 1.54) is 70.6 Å². The maximum Gasteiger partial charge on any atom is 0.306 e. The molecular weight excluding hydrogens is 750 g/mol. The normalized spacial score (nSPS) is 14.2. The van der Waals surface area contributed by atoms with Gasteiger partial charge in [0.2, 0.25) is 0 Å². The Balaban J connectivity index is 4.49. The maximum atomic E-state index is 12.7. The standard InChI is InChI=1S/C48H84NO8P/c1-6-8-10-12-14-16-18-20-22-23-24-25-27-28-30-32-34-36-38-40-47(50)54-44-46(45-56-58(52,53)55-43-42-49(3,4)5)57-48(51)41-39-37-35-33-31-29-26-21-19-17-15-13-11-9-7-2/h14,16,20-22,24-26,28,30,34,36,46H,6-13,15,17-19,23,27,29,31-33,35,37-45H2,1-5H3/b16-14+,22-20+,25-24+,26-21+,30-28+,36-34+/t46-/m1/s1. The van der Waals surface area contributed by atoms with Gasteiger partial charge in [-0.3, -0.25) is 14.2 Å². The smallest absolute Gasteiger partial charge is 0.306 e. The van der Waals surface area contributed by atoms with E-state index in [4.69, 9.17) is 18.5 Å². The molecule has 2 atom stereocenters. The molecule has 0 radical (unpaired) electrons. The quantitative estimate of drug-likeness (QED) is 0.0197. The number of phosphoric acid groups is 1. The maximum absolute atomic E-state index is 12.7. The van der Waals surface area contributed by atoms with Gasteiger partial charge in [-0.15, -0.1) is 0 Å². The predicted octanol–water partition coefficient (Wildman–Crippen LogP) is 12.4. The summed E-state index contributed by atoms with van der Waals surface area (Å²) < 4.78 is 33.8. The Bertz CT molecular complexity index is 1220. The molecule has 0 aliphatic rings. The lowest BCUT2D eigenvalue weighted by atomic mass is 10.1. The molecule has 9 nitrogen and oxygen atoms in total. The van der Waals surface area contributed by atoms with Crippen molar-refractivity contribution in [3.63, 3.8) is 0 Å². The number of esters is 2. The number of unbranched alkanes of at least 4 members (excludes halogenated alkanes) is 14. The van der Waals surface area contributed by atoms with Crippen LogP contribution in [-0.2, 0) is 32.7 Å². The fourth-order valence-corrected chi connectivity index (χ4v) is 6.36. The number of quaternary nitrogens is 1. The number of carbonyl (C=O) groups excluding carboxylic acids is 2. The summed E-state index contributed by atoms with van der Waals surface area (Å²) in [4.78, 5) is 37.5. The lowest BCUT2D eigenvalue weighted by molar-refractivity contribution is -0.870. The van der Waals surface area contributed by atoms with Crippen LogP contribution in [0, 0.1) is 0 Å². The van der Waals surface area contributed by atoms with Crippen LogP contribution in [0.25, 0.3) is 0 Å². The molecule has 0 fully saturated rings. The zero-order valence-electron chi connectivity index (χ0n) is 37.5. The highest BCUT2D eigenvalue weighted by atomic mass is 31.2. The Morgan fingerprint density at radius 1 is 0.534 bits per heavy atom.